The lowest BCUT2D eigenvalue weighted by molar-refractivity contribution is 0.234. The number of hydrogen-bond acceptors (Lipinski definition) is 20. The smallest absolute Gasteiger partial charge is 0.252 e. The Morgan fingerprint density at radius 1 is 0.491 bits per heavy atom. The molecule has 0 radical (unpaired) electrons. The molecule has 3 fully saturated rings. The zero-order valence-electron chi connectivity index (χ0n) is 65.7. The summed E-state index contributed by atoms with van der Waals surface area (Å²) in [6, 6.07) is 22.7. The van der Waals surface area contributed by atoms with Crippen LogP contribution in [0.1, 0.15) is 185 Å². The molecule has 3 aromatic carbocycles. The number of aromatic nitrogens is 20. The summed E-state index contributed by atoms with van der Waals surface area (Å²) >= 11 is 0. The predicted molar refractivity (Wildman–Crippen MR) is 427 cm³/mol. The number of aryl methyl sites for hydroxylation is 4. The first-order valence-corrected chi connectivity index (χ1v) is 42.8. The van der Waals surface area contributed by atoms with E-state index >= 15 is 0 Å². The third-order valence-electron chi connectivity index (χ3n) is 25.2. The quantitative estimate of drug-likeness (QED) is 0.0315. The largest absolute Gasteiger partial charge is 0.493 e. The van der Waals surface area contributed by atoms with Gasteiger partial charge in [-0.25, -0.2) is 70.9 Å². The third-order valence-corrected chi connectivity index (χ3v) is 27.3. The van der Waals surface area contributed by atoms with Crippen LogP contribution in [-0.2, 0) is 54.6 Å². The van der Waals surface area contributed by atoms with E-state index in [0.29, 0.717) is 78.0 Å². The summed E-state index contributed by atoms with van der Waals surface area (Å²) in [5, 5.41) is 40.4. The number of nitrogens with zero attached hydrogens (tertiary/aromatic N) is 20. The fourth-order valence-electron chi connectivity index (χ4n) is 19.4. The number of ether oxygens (including phenoxy) is 1. The Labute approximate surface area is 667 Å². The van der Waals surface area contributed by atoms with Gasteiger partial charge < -0.3 is 4.74 Å². The second-order valence-corrected chi connectivity index (χ2v) is 38.4. The molecule has 12 aromatic rings. The first-order valence-electron chi connectivity index (χ1n) is 38.2. The summed E-state index contributed by atoms with van der Waals surface area (Å²) in [6.45, 7) is 15.1. The minimum Gasteiger partial charge on any atom is -0.493 e. The number of benzene rings is 3. The Balaban J connectivity index is 0.000000131. The number of methoxy groups -OCH3 is 1. The number of halogens is 6. The summed E-state index contributed by atoms with van der Waals surface area (Å²) in [6.07, 6.45) is 24.9. The molecular formula is C85H84F6N20O3S2. The summed E-state index contributed by atoms with van der Waals surface area (Å²) in [5.74, 6) is 10.8. The molecule has 9 heterocycles. The fraction of sp³-hybridized carbons (Fsp3) is 0.376. The van der Waals surface area contributed by atoms with Gasteiger partial charge in [-0.15, -0.1) is 42.9 Å². The molecule has 3 saturated carbocycles. The molecule has 0 amide bonds. The molecule has 2 unspecified atom stereocenters. The maximum absolute atomic E-state index is 14.6. The molecule has 18 rings (SSSR count). The number of terminal acetylenes is 1. The number of rotatable bonds is 19. The molecule has 8 atom stereocenters. The molecule has 23 nitrogen and oxygen atoms in total. The Morgan fingerprint density at radius 3 is 1.31 bits per heavy atom. The van der Waals surface area contributed by atoms with Gasteiger partial charge in [-0.1, -0.05) is 65.8 Å². The number of hydrogen-bond donors (Lipinski definition) is 0. The first kappa shape index (κ1) is 78.5. The highest BCUT2D eigenvalue weighted by Gasteiger charge is 2.68. The van der Waals surface area contributed by atoms with Gasteiger partial charge in [-0.05, 0) is 206 Å². The molecule has 6 aliphatic carbocycles. The molecule has 9 aromatic heterocycles. The van der Waals surface area contributed by atoms with Crippen LogP contribution < -0.4 is 4.74 Å². The molecule has 31 heteroatoms. The van der Waals surface area contributed by atoms with Gasteiger partial charge in [-0.3, -0.25) is 8.42 Å². The van der Waals surface area contributed by atoms with Gasteiger partial charge >= 0.3 is 0 Å². The van der Waals surface area contributed by atoms with Gasteiger partial charge in [0.2, 0.25) is 0 Å². The van der Waals surface area contributed by atoms with Crippen LogP contribution in [0.15, 0.2) is 122 Å². The van der Waals surface area contributed by atoms with Crippen LogP contribution in [0.2, 0.25) is 0 Å². The van der Waals surface area contributed by atoms with Crippen molar-refractivity contribution in [1.29, 1.82) is 0 Å². The minimum atomic E-state index is -2.17. The second kappa shape index (κ2) is 29.1. The lowest BCUT2D eigenvalue weighted by Gasteiger charge is -2.38. The number of fused-ring (bicyclic) bond motifs is 15. The van der Waals surface area contributed by atoms with Crippen LogP contribution in [0.5, 0.6) is 5.75 Å². The Kier molecular flexibility index (Phi) is 19.7. The summed E-state index contributed by atoms with van der Waals surface area (Å²) in [7, 11) is -2.75. The summed E-state index contributed by atoms with van der Waals surface area (Å²) < 4.78 is 122. The zero-order chi connectivity index (χ0) is 82.0. The minimum absolute atomic E-state index is 0.0687. The van der Waals surface area contributed by atoms with Crippen LogP contribution in [0.4, 0.5) is 26.3 Å². The SMILES string of the molecule is C#CCCCc1ncn(-c2cccc([C@@]34CC[C@@H](c5cc(-c6c(F)cccc6F)nnc53)C4(C)C)n2)n1.C=S(C)(=O)CCc1ncn(-c2ncc(C)c([C@@]34CC[C@@H](c5cc(-c6c(F)cccc6F)nnc53)C4(C)C)n2)n1.C=S(C)(=O)CCc1ncn(-c2ncc(OC)c([C@@]34CC[C@@H](c5cc(-c6c(F)cccc6F)nnc53)C4(C)C)n2)n1. The average molecular weight is 1610 g/mol. The van der Waals surface area contributed by atoms with Crippen LogP contribution in [0, 0.1) is 70.4 Å². The molecule has 6 aliphatic rings. The Hall–Kier alpha value is -11.4. The van der Waals surface area contributed by atoms with Gasteiger partial charge in [0.05, 0.1) is 91.8 Å². The van der Waals surface area contributed by atoms with Crippen LogP contribution in [0.3, 0.4) is 0 Å². The van der Waals surface area contributed by atoms with E-state index in [1.807, 2.05) is 31.2 Å². The fourth-order valence-corrected chi connectivity index (χ4v) is 20.6. The van der Waals surface area contributed by atoms with Crippen molar-refractivity contribution in [1.82, 2.24) is 99.8 Å². The highest BCUT2D eigenvalue weighted by molar-refractivity contribution is 7.99. The Morgan fingerprint density at radius 2 is 0.871 bits per heavy atom. The van der Waals surface area contributed by atoms with Crippen molar-refractivity contribution in [2.45, 2.75) is 153 Å². The second-order valence-electron chi connectivity index (χ2n) is 32.9. The average Bonchev–Trinajstić information content (AvgIpc) is 1.52. The maximum atomic E-state index is 14.6. The predicted octanol–water partition coefficient (Wildman–Crippen LogP) is 13.6. The van der Waals surface area contributed by atoms with E-state index in [2.05, 4.69) is 130 Å². The highest BCUT2D eigenvalue weighted by atomic mass is 32.2. The van der Waals surface area contributed by atoms with Crippen molar-refractivity contribution in [2.75, 3.05) is 31.1 Å². The van der Waals surface area contributed by atoms with Gasteiger partial charge in [0.25, 0.3) is 11.9 Å². The van der Waals surface area contributed by atoms with Crippen LogP contribution in [0.25, 0.3) is 51.5 Å². The van der Waals surface area contributed by atoms with Crippen molar-refractivity contribution < 1.29 is 39.5 Å². The van der Waals surface area contributed by atoms with Crippen molar-refractivity contribution in [3.8, 4) is 69.6 Å². The third kappa shape index (κ3) is 12.9. The van der Waals surface area contributed by atoms with Gasteiger partial charge in [0.1, 0.15) is 59.6 Å². The number of pyridine rings is 1. The molecule has 0 saturated heterocycles. The summed E-state index contributed by atoms with van der Waals surface area (Å²) in [5.41, 5.74) is 6.01. The molecule has 0 aliphatic heterocycles. The van der Waals surface area contributed by atoms with Crippen molar-refractivity contribution >= 4 is 30.8 Å². The van der Waals surface area contributed by atoms with Crippen molar-refractivity contribution in [2.24, 2.45) is 16.2 Å². The summed E-state index contributed by atoms with van der Waals surface area (Å²) in [4.78, 5) is 37.1. The highest BCUT2D eigenvalue weighted by Crippen LogP contribution is 2.73. The topological polar surface area (TPSA) is 277 Å². The first-order chi connectivity index (χ1) is 55.2. The standard InChI is InChI=1S/C29H26F2N6.C28H29F2N7O2S.C28H29F2N7OS/c1-4-5-6-12-24-32-17-37(36-24)25-13-8-11-23(33-25)29-15-14-19(28(29,2)3)18-16-22(34-35-27(18)29)26-20(30)9-7-10-21(26)31;1-27(2)17-9-11-28(27,24-16(17)13-20(34-35-24)23-18(29)7-6-8-19(23)30)25-21(39-3)14-31-26(33-25)37-15-32-22(36-37)10-12-40(4,5)38;1-16-14-31-26(37-15-32-22(36-37)10-12-39(4,5)38)33-24(16)28-11-9-18(27(28,2)3)17-13-21(34-35-25(17)28)23-19(29)7-6-8-20(23)30/h1,7-11,13,16-17,19H,5-6,12,14-15H2,2-3H3;6-8,13-15,17H,4,9-12H2,1-3,5H3;6-8,13-15,18H,4,9-12H2,1-3,5H3/t19-,29-;17-,28+,40?;18-,28-,39?/m000/s1. The normalized spacial score (nSPS) is 22.0. The van der Waals surface area contributed by atoms with Gasteiger partial charge in [-0.2, -0.15) is 24.7 Å². The molecule has 116 heavy (non-hydrogen) atoms. The van der Waals surface area contributed by atoms with E-state index in [4.69, 9.17) is 26.1 Å². The van der Waals surface area contributed by atoms with Crippen molar-refractivity contribution in [3.63, 3.8) is 0 Å². The maximum Gasteiger partial charge on any atom is 0.252 e. The van der Waals surface area contributed by atoms with Crippen LogP contribution >= 0.6 is 0 Å². The lowest BCUT2D eigenvalue weighted by atomic mass is 9.65. The van der Waals surface area contributed by atoms with E-state index in [9.17, 15) is 34.8 Å². The van der Waals surface area contributed by atoms with E-state index in [0.717, 1.165) is 101 Å². The molecule has 596 valence electrons. The molecular weight excluding hydrogens is 1530 g/mol. The van der Waals surface area contributed by atoms with Crippen LogP contribution in [-0.4, -0.2) is 151 Å². The van der Waals surface area contributed by atoms with E-state index < -0.39 is 70.2 Å². The van der Waals surface area contributed by atoms with E-state index in [-0.39, 0.29) is 67.8 Å². The zero-order valence-corrected chi connectivity index (χ0v) is 67.3. The molecule has 6 bridgehead atoms. The molecule has 0 spiro atoms. The van der Waals surface area contributed by atoms with Gasteiger partial charge in [0.15, 0.2) is 29.0 Å². The van der Waals surface area contributed by atoms with Crippen molar-refractivity contribution in [3.05, 3.63) is 231 Å². The monoisotopic (exact) mass is 1610 g/mol. The van der Waals surface area contributed by atoms with E-state index in [1.54, 1.807) is 61.5 Å². The number of unbranched alkanes of at least 4 members (excludes halogenated alkanes) is 1. The molecule has 0 N–H and O–H groups in total. The van der Waals surface area contributed by atoms with E-state index in [1.165, 1.54) is 70.3 Å². The van der Waals surface area contributed by atoms with Gasteiger partial charge in [0, 0.05) is 55.9 Å². The lowest BCUT2D eigenvalue weighted by Crippen LogP contribution is -2.39. The Bertz CT molecular complexity index is 6160.